The summed E-state index contributed by atoms with van der Waals surface area (Å²) in [5, 5.41) is 6.11. The number of primary amides is 1. The van der Waals surface area contributed by atoms with E-state index in [4.69, 9.17) is 5.73 Å². The van der Waals surface area contributed by atoms with E-state index >= 15 is 0 Å². The number of nitrogens with one attached hydrogen (secondary N) is 2. The minimum atomic E-state index is -0.496. The van der Waals surface area contributed by atoms with Crippen molar-refractivity contribution in [3.8, 4) is 0 Å². The molecular weight excluding hydrogens is 242 g/mol. The van der Waals surface area contributed by atoms with Crippen LogP contribution in [0.1, 0.15) is 30.1 Å². The fraction of sp³-hybridized carbons (Fsp3) is 0.429. The van der Waals surface area contributed by atoms with Crippen LogP contribution in [-0.2, 0) is 4.79 Å². The lowest BCUT2D eigenvalue weighted by atomic mass is 9.80. The van der Waals surface area contributed by atoms with Gasteiger partial charge in [-0.2, -0.15) is 0 Å². The summed E-state index contributed by atoms with van der Waals surface area (Å²) in [6, 6.07) is 6.70. The van der Waals surface area contributed by atoms with E-state index in [2.05, 4.69) is 10.6 Å². The highest BCUT2D eigenvalue weighted by Gasteiger charge is 2.34. The Hall–Kier alpha value is -1.88. The maximum atomic E-state index is 12.3. The molecule has 0 bridgehead atoms. The number of rotatable bonds is 3. The molecule has 1 aliphatic heterocycles. The van der Waals surface area contributed by atoms with E-state index in [1.807, 2.05) is 6.92 Å². The van der Waals surface area contributed by atoms with E-state index in [9.17, 15) is 9.59 Å². The van der Waals surface area contributed by atoms with E-state index in [1.165, 1.54) is 0 Å². The highest BCUT2D eigenvalue weighted by Crippen LogP contribution is 2.29. The van der Waals surface area contributed by atoms with Gasteiger partial charge in [-0.15, -0.1) is 0 Å². The van der Waals surface area contributed by atoms with Crippen LogP contribution < -0.4 is 16.4 Å². The normalized spacial score (nSPS) is 17.7. The summed E-state index contributed by atoms with van der Waals surface area (Å²) in [4.78, 5) is 23.4. The molecule has 5 nitrogen and oxygen atoms in total. The van der Waals surface area contributed by atoms with Gasteiger partial charge >= 0.3 is 0 Å². The molecule has 0 spiro atoms. The Morgan fingerprint density at radius 3 is 2.63 bits per heavy atom. The molecule has 2 amide bonds. The van der Waals surface area contributed by atoms with Crippen LogP contribution in [0.5, 0.6) is 0 Å². The number of amides is 2. The van der Waals surface area contributed by atoms with Crippen LogP contribution in [0.4, 0.5) is 5.69 Å². The Balaban J connectivity index is 2.10. The first-order valence-electron chi connectivity index (χ1n) is 6.43. The van der Waals surface area contributed by atoms with Crippen molar-refractivity contribution in [1.82, 2.24) is 5.32 Å². The molecule has 0 aliphatic carbocycles. The molecule has 2 rings (SSSR count). The van der Waals surface area contributed by atoms with E-state index in [1.54, 1.807) is 24.3 Å². The van der Waals surface area contributed by atoms with Gasteiger partial charge in [0.25, 0.3) is 0 Å². The standard InChI is InChI=1S/C14H19N3O2/c1-14(5-7-16-8-6-14)13(19)17-11-4-2-3-10(9-11)12(15)18/h2-4,9,16H,5-8H2,1H3,(H2,15,18)(H,17,19). The summed E-state index contributed by atoms with van der Waals surface area (Å²) in [5.41, 5.74) is 5.88. The fourth-order valence-corrected chi connectivity index (χ4v) is 2.24. The van der Waals surface area contributed by atoms with Crippen LogP contribution in [0.25, 0.3) is 0 Å². The summed E-state index contributed by atoms with van der Waals surface area (Å²) in [7, 11) is 0. The highest BCUT2D eigenvalue weighted by molar-refractivity contribution is 5.98. The molecule has 0 saturated carbocycles. The summed E-state index contributed by atoms with van der Waals surface area (Å²) < 4.78 is 0. The first-order chi connectivity index (χ1) is 9.01. The molecule has 0 radical (unpaired) electrons. The van der Waals surface area contributed by atoms with Gasteiger partial charge in [0, 0.05) is 16.7 Å². The lowest BCUT2D eigenvalue weighted by Crippen LogP contribution is -2.42. The van der Waals surface area contributed by atoms with Gasteiger partial charge < -0.3 is 16.4 Å². The second kappa shape index (κ2) is 5.40. The number of benzene rings is 1. The Labute approximate surface area is 112 Å². The topological polar surface area (TPSA) is 84.2 Å². The van der Waals surface area contributed by atoms with Gasteiger partial charge in [0.05, 0.1) is 0 Å². The smallest absolute Gasteiger partial charge is 0.248 e. The number of anilines is 1. The number of carbonyl (C=O) groups excluding carboxylic acids is 2. The lowest BCUT2D eigenvalue weighted by molar-refractivity contribution is -0.126. The van der Waals surface area contributed by atoms with Gasteiger partial charge in [-0.05, 0) is 44.1 Å². The molecule has 1 saturated heterocycles. The van der Waals surface area contributed by atoms with Crippen LogP contribution in [0, 0.1) is 5.41 Å². The Kier molecular flexibility index (Phi) is 3.85. The van der Waals surface area contributed by atoms with Crippen LogP contribution in [0.15, 0.2) is 24.3 Å². The number of piperidine rings is 1. The van der Waals surface area contributed by atoms with Gasteiger partial charge in [0.2, 0.25) is 11.8 Å². The number of hydrogen-bond acceptors (Lipinski definition) is 3. The molecule has 19 heavy (non-hydrogen) atoms. The molecular formula is C14H19N3O2. The van der Waals surface area contributed by atoms with Gasteiger partial charge in [0.1, 0.15) is 0 Å². The van der Waals surface area contributed by atoms with Gasteiger partial charge in [-0.1, -0.05) is 13.0 Å². The van der Waals surface area contributed by atoms with Crippen molar-refractivity contribution >= 4 is 17.5 Å². The summed E-state index contributed by atoms with van der Waals surface area (Å²) in [6.45, 7) is 3.68. The maximum absolute atomic E-state index is 12.3. The van der Waals surface area contributed by atoms with Gasteiger partial charge in [-0.25, -0.2) is 0 Å². The molecule has 0 unspecified atom stereocenters. The zero-order valence-electron chi connectivity index (χ0n) is 11.0. The Bertz CT molecular complexity index is 493. The van der Waals surface area contributed by atoms with Gasteiger partial charge in [-0.3, -0.25) is 9.59 Å². The van der Waals surface area contributed by atoms with E-state index in [0.29, 0.717) is 11.3 Å². The minimum Gasteiger partial charge on any atom is -0.366 e. The van der Waals surface area contributed by atoms with Gasteiger partial charge in [0.15, 0.2) is 0 Å². The van der Waals surface area contributed by atoms with Crippen LogP contribution in [-0.4, -0.2) is 24.9 Å². The predicted molar refractivity (Wildman–Crippen MR) is 73.8 cm³/mol. The third-order valence-electron chi connectivity index (χ3n) is 3.66. The highest BCUT2D eigenvalue weighted by atomic mass is 16.2. The molecule has 0 atom stereocenters. The van der Waals surface area contributed by atoms with E-state index < -0.39 is 5.91 Å². The molecule has 1 heterocycles. The second-order valence-electron chi connectivity index (χ2n) is 5.21. The van der Waals surface area contributed by atoms with Crippen LogP contribution >= 0.6 is 0 Å². The average Bonchev–Trinajstić information content (AvgIpc) is 2.40. The number of carbonyl (C=O) groups is 2. The van der Waals surface area contributed by atoms with Crippen molar-refractivity contribution in [2.45, 2.75) is 19.8 Å². The Morgan fingerprint density at radius 1 is 1.32 bits per heavy atom. The first-order valence-corrected chi connectivity index (χ1v) is 6.43. The molecule has 5 heteroatoms. The summed E-state index contributed by atoms with van der Waals surface area (Å²) in [5.74, 6) is -0.500. The monoisotopic (exact) mass is 261 g/mol. The molecule has 0 aromatic heterocycles. The van der Waals surface area contributed by atoms with Crippen molar-refractivity contribution in [1.29, 1.82) is 0 Å². The first kappa shape index (κ1) is 13.5. The van der Waals surface area contributed by atoms with Crippen molar-refractivity contribution in [2.24, 2.45) is 11.1 Å². The van der Waals surface area contributed by atoms with Crippen molar-refractivity contribution in [3.63, 3.8) is 0 Å². The van der Waals surface area contributed by atoms with Crippen LogP contribution in [0.2, 0.25) is 0 Å². The van der Waals surface area contributed by atoms with Crippen LogP contribution in [0.3, 0.4) is 0 Å². The zero-order valence-corrected chi connectivity index (χ0v) is 11.0. The van der Waals surface area contributed by atoms with Crippen molar-refractivity contribution in [3.05, 3.63) is 29.8 Å². The quantitative estimate of drug-likeness (QED) is 0.762. The zero-order chi connectivity index (χ0) is 13.9. The molecule has 4 N–H and O–H groups in total. The second-order valence-corrected chi connectivity index (χ2v) is 5.21. The third kappa shape index (κ3) is 3.12. The third-order valence-corrected chi connectivity index (χ3v) is 3.66. The molecule has 102 valence electrons. The predicted octanol–water partition coefficient (Wildman–Crippen LogP) is 1.11. The lowest BCUT2D eigenvalue weighted by Gasteiger charge is -2.32. The Morgan fingerprint density at radius 2 is 2.00 bits per heavy atom. The fourth-order valence-electron chi connectivity index (χ4n) is 2.24. The van der Waals surface area contributed by atoms with E-state index in [-0.39, 0.29) is 11.3 Å². The minimum absolute atomic E-state index is 0.00406. The van der Waals surface area contributed by atoms with E-state index in [0.717, 1.165) is 25.9 Å². The number of nitrogens with two attached hydrogens (primary N) is 1. The molecule has 1 aromatic rings. The molecule has 1 fully saturated rings. The SMILES string of the molecule is CC1(C(=O)Nc2cccc(C(N)=O)c2)CCNCC1. The molecule has 1 aromatic carbocycles. The van der Waals surface area contributed by atoms with Crippen molar-refractivity contribution in [2.75, 3.05) is 18.4 Å². The largest absolute Gasteiger partial charge is 0.366 e. The average molecular weight is 261 g/mol. The van der Waals surface area contributed by atoms with Crippen molar-refractivity contribution < 1.29 is 9.59 Å². The maximum Gasteiger partial charge on any atom is 0.248 e. The molecule has 1 aliphatic rings. The summed E-state index contributed by atoms with van der Waals surface area (Å²) in [6.07, 6.45) is 1.63. The summed E-state index contributed by atoms with van der Waals surface area (Å²) >= 11 is 0. The number of hydrogen-bond donors (Lipinski definition) is 3.